The number of fused-ring (bicyclic) bond motifs is 1. The lowest BCUT2D eigenvalue weighted by Gasteiger charge is -2.38. The van der Waals surface area contributed by atoms with Crippen LogP contribution in [0.3, 0.4) is 0 Å². The fourth-order valence-corrected chi connectivity index (χ4v) is 4.09. The lowest BCUT2D eigenvalue weighted by molar-refractivity contribution is -0.126. The Bertz CT molecular complexity index is 749. The number of rotatable bonds is 4. The number of hydrogen-bond acceptors (Lipinski definition) is 6. The van der Waals surface area contributed by atoms with E-state index >= 15 is 0 Å². The van der Waals surface area contributed by atoms with Gasteiger partial charge < -0.3 is 10.2 Å². The average Bonchev–Trinajstić information content (AvgIpc) is 3.31. The maximum Gasteiger partial charge on any atom is 0.237 e. The number of amides is 1. The van der Waals surface area contributed by atoms with E-state index in [1.807, 2.05) is 6.92 Å². The SMILES string of the molecule is Cc1cc2c(N3CCN(C(C)C(=O)NC4CC4)CC3)ncnc2s1. The molecule has 0 bridgehead atoms. The Labute approximate surface area is 145 Å². The second kappa shape index (κ2) is 6.29. The Morgan fingerprint density at radius 3 is 2.75 bits per heavy atom. The van der Waals surface area contributed by atoms with Crippen LogP contribution >= 0.6 is 11.3 Å². The van der Waals surface area contributed by atoms with Crippen LogP contribution in [0.4, 0.5) is 5.82 Å². The first-order valence-corrected chi connectivity index (χ1v) is 9.44. The van der Waals surface area contributed by atoms with Gasteiger partial charge in [0.25, 0.3) is 0 Å². The highest BCUT2D eigenvalue weighted by atomic mass is 32.1. The number of thiophene rings is 1. The van der Waals surface area contributed by atoms with Gasteiger partial charge in [-0.1, -0.05) is 0 Å². The third-order valence-electron chi connectivity index (χ3n) is 4.90. The molecule has 1 saturated carbocycles. The summed E-state index contributed by atoms with van der Waals surface area (Å²) in [7, 11) is 0. The van der Waals surface area contributed by atoms with Gasteiger partial charge in [-0.2, -0.15) is 0 Å². The molecule has 3 heterocycles. The third kappa shape index (κ3) is 3.10. The predicted molar refractivity (Wildman–Crippen MR) is 96.6 cm³/mol. The Morgan fingerprint density at radius 2 is 2.04 bits per heavy atom. The predicted octanol–water partition coefficient (Wildman–Crippen LogP) is 1.79. The molecule has 1 saturated heterocycles. The molecule has 0 aromatic carbocycles. The first-order valence-electron chi connectivity index (χ1n) is 8.62. The molecule has 2 aromatic rings. The van der Waals surface area contributed by atoms with Gasteiger partial charge in [0.05, 0.1) is 11.4 Å². The van der Waals surface area contributed by atoms with E-state index in [0.29, 0.717) is 6.04 Å². The molecule has 7 heteroatoms. The highest BCUT2D eigenvalue weighted by Crippen LogP contribution is 2.30. The summed E-state index contributed by atoms with van der Waals surface area (Å²) in [5, 5.41) is 4.25. The van der Waals surface area contributed by atoms with Crippen LogP contribution in [-0.2, 0) is 4.79 Å². The molecule has 0 radical (unpaired) electrons. The summed E-state index contributed by atoms with van der Waals surface area (Å²) in [5.41, 5.74) is 0. The molecule has 2 aromatic heterocycles. The smallest absolute Gasteiger partial charge is 0.237 e. The van der Waals surface area contributed by atoms with Gasteiger partial charge in [-0.15, -0.1) is 11.3 Å². The monoisotopic (exact) mass is 345 g/mol. The fraction of sp³-hybridized carbons (Fsp3) is 0.588. The Balaban J connectivity index is 1.42. The van der Waals surface area contributed by atoms with Crippen molar-refractivity contribution in [2.24, 2.45) is 0 Å². The van der Waals surface area contributed by atoms with E-state index in [0.717, 1.165) is 55.1 Å². The zero-order valence-electron chi connectivity index (χ0n) is 14.2. The lowest BCUT2D eigenvalue weighted by atomic mass is 10.2. The second-order valence-corrected chi connectivity index (χ2v) is 7.99. The molecule has 0 spiro atoms. The summed E-state index contributed by atoms with van der Waals surface area (Å²) in [4.78, 5) is 28.0. The van der Waals surface area contributed by atoms with Gasteiger partial charge in [0.2, 0.25) is 5.91 Å². The van der Waals surface area contributed by atoms with Crippen molar-refractivity contribution in [3.8, 4) is 0 Å². The van der Waals surface area contributed by atoms with E-state index in [1.54, 1.807) is 17.7 Å². The lowest BCUT2D eigenvalue weighted by Crippen LogP contribution is -2.54. The number of aryl methyl sites for hydroxylation is 1. The van der Waals surface area contributed by atoms with Crippen molar-refractivity contribution in [3.63, 3.8) is 0 Å². The number of anilines is 1. The van der Waals surface area contributed by atoms with E-state index in [-0.39, 0.29) is 11.9 Å². The van der Waals surface area contributed by atoms with Crippen molar-refractivity contribution in [1.29, 1.82) is 0 Å². The fourth-order valence-electron chi connectivity index (χ4n) is 3.25. The van der Waals surface area contributed by atoms with E-state index in [4.69, 9.17) is 0 Å². The van der Waals surface area contributed by atoms with Crippen molar-refractivity contribution in [3.05, 3.63) is 17.3 Å². The summed E-state index contributed by atoms with van der Waals surface area (Å²) >= 11 is 1.71. The van der Waals surface area contributed by atoms with Crippen LogP contribution in [0.25, 0.3) is 10.2 Å². The summed E-state index contributed by atoms with van der Waals surface area (Å²) in [6.45, 7) is 7.67. The minimum atomic E-state index is -0.0541. The van der Waals surface area contributed by atoms with Crippen molar-refractivity contribution in [1.82, 2.24) is 20.2 Å². The van der Waals surface area contributed by atoms with Gasteiger partial charge in [-0.25, -0.2) is 9.97 Å². The molecular formula is C17H23N5OS. The average molecular weight is 345 g/mol. The quantitative estimate of drug-likeness (QED) is 0.915. The van der Waals surface area contributed by atoms with Crippen molar-refractivity contribution >= 4 is 33.3 Å². The van der Waals surface area contributed by atoms with Gasteiger partial charge in [-0.05, 0) is 32.8 Å². The molecule has 2 fully saturated rings. The Kier molecular flexibility index (Phi) is 4.14. The molecule has 1 aliphatic carbocycles. The second-order valence-electron chi connectivity index (χ2n) is 6.76. The Morgan fingerprint density at radius 1 is 1.29 bits per heavy atom. The normalized spacial score (nSPS) is 20.3. The molecule has 1 amide bonds. The minimum absolute atomic E-state index is 0.0541. The van der Waals surface area contributed by atoms with Gasteiger partial charge in [-0.3, -0.25) is 9.69 Å². The van der Waals surface area contributed by atoms with Crippen LogP contribution in [0.15, 0.2) is 12.4 Å². The van der Waals surface area contributed by atoms with Gasteiger partial charge >= 0.3 is 0 Å². The molecule has 1 unspecified atom stereocenters. The molecule has 1 aliphatic heterocycles. The van der Waals surface area contributed by atoms with E-state index in [9.17, 15) is 4.79 Å². The maximum atomic E-state index is 12.2. The number of piperazine rings is 1. The standard InChI is InChI=1S/C17H23N5OS/c1-11-9-14-15(18-10-19-17(14)24-11)22-7-5-21(6-8-22)12(2)16(23)20-13-3-4-13/h9-10,12-13H,3-8H2,1-2H3,(H,20,23). The zero-order chi connectivity index (χ0) is 16.7. The molecule has 1 N–H and O–H groups in total. The van der Waals surface area contributed by atoms with Crippen LogP contribution in [0.5, 0.6) is 0 Å². The van der Waals surface area contributed by atoms with Crippen LogP contribution < -0.4 is 10.2 Å². The third-order valence-corrected chi connectivity index (χ3v) is 5.85. The number of carbonyl (C=O) groups is 1. The van der Waals surface area contributed by atoms with Crippen molar-refractivity contribution < 1.29 is 4.79 Å². The summed E-state index contributed by atoms with van der Waals surface area (Å²) in [6, 6.07) is 2.55. The van der Waals surface area contributed by atoms with Crippen molar-refractivity contribution in [2.45, 2.75) is 38.8 Å². The number of carbonyl (C=O) groups excluding carboxylic acids is 1. The van der Waals surface area contributed by atoms with Crippen LogP contribution in [0.2, 0.25) is 0 Å². The van der Waals surface area contributed by atoms with E-state index in [1.165, 1.54) is 4.88 Å². The first kappa shape index (κ1) is 15.8. The summed E-state index contributed by atoms with van der Waals surface area (Å²) in [6.07, 6.45) is 3.93. The number of hydrogen-bond donors (Lipinski definition) is 1. The van der Waals surface area contributed by atoms with E-state index < -0.39 is 0 Å². The van der Waals surface area contributed by atoms with Crippen molar-refractivity contribution in [2.75, 3.05) is 31.1 Å². The first-order chi connectivity index (χ1) is 11.6. The molecule has 1 atom stereocenters. The molecule has 128 valence electrons. The number of nitrogens with zero attached hydrogens (tertiary/aromatic N) is 4. The van der Waals surface area contributed by atoms with Gasteiger partial charge in [0.1, 0.15) is 17.0 Å². The highest BCUT2D eigenvalue weighted by Gasteiger charge is 2.30. The Hall–Kier alpha value is -1.73. The van der Waals surface area contributed by atoms with Crippen LogP contribution in [0, 0.1) is 6.92 Å². The number of aromatic nitrogens is 2. The largest absolute Gasteiger partial charge is 0.353 e. The number of nitrogens with one attached hydrogen (secondary N) is 1. The summed E-state index contributed by atoms with van der Waals surface area (Å²) < 4.78 is 0. The van der Waals surface area contributed by atoms with Gasteiger partial charge in [0.15, 0.2) is 0 Å². The zero-order valence-corrected chi connectivity index (χ0v) is 15.0. The highest BCUT2D eigenvalue weighted by molar-refractivity contribution is 7.18. The van der Waals surface area contributed by atoms with Crippen LogP contribution in [0.1, 0.15) is 24.6 Å². The maximum absolute atomic E-state index is 12.2. The molecular weight excluding hydrogens is 322 g/mol. The summed E-state index contributed by atoms with van der Waals surface area (Å²) in [5.74, 6) is 1.20. The van der Waals surface area contributed by atoms with Gasteiger partial charge in [0, 0.05) is 37.1 Å². The molecule has 24 heavy (non-hydrogen) atoms. The molecule has 6 nitrogen and oxygen atoms in total. The molecule has 4 rings (SSSR count). The van der Waals surface area contributed by atoms with Crippen LogP contribution in [-0.4, -0.2) is 59.0 Å². The van der Waals surface area contributed by atoms with E-state index in [2.05, 4.69) is 38.1 Å². The molecule has 2 aliphatic rings. The topological polar surface area (TPSA) is 61.4 Å². The minimum Gasteiger partial charge on any atom is -0.353 e.